The number of nitrogens with one attached hydrogen (secondary N) is 2. The number of ether oxygens (including phenoxy) is 1. The second-order valence-corrected chi connectivity index (χ2v) is 7.12. The largest absolute Gasteiger partial charge is 0.465 e. The SMILES string of the molecule is COC(=O)c1c(C)[nH]c(-c2csc(CC(=O)NCc3ccccc3)n2)c1C. The Kier molecular flexibility index (Phi) is 5.71. The molecule has 0 spiro atoms. The van der Waals surface area contributed by atoms with Crippen LogP contribution in [-0.4, -0.2) is 29.0 Å². The fourth-order valence-electron chi connectivity index (χ4n) is 2.92. The molecule has 2 aromatic heterocycles. The Morgan fingerprint density at radius 2 is 1.96 bits per heavy atom. The molecular formula is C20H21N3O3S. The lowest BCUT2D eigenvalue weighted by molar-refractivity contribution is -0.120. The summed E-state index contributed by atoms with van der Waals surface area (Å²) in [6, 6.07) is 9.77. The first-order chi connectivity index (χ1) is 13.0. The van der Waals surface area contributed by atoms with Gasteiger partial charge in [0.1, 0.15) is 5.01 Å². The zero-order chi connectivity index (χ0) is 19.4. The lowest BCUT2D eigenvalue weighted by atomic mass is 10.1. The number of thiazole rings is 1. The Morgan fingerprint density at radius 1 is 1.22 bits per heavy atom. The van der Waals surface area contributed by atoms with Crippen molar-refractivity contribution in [3.63, 3.8) is 0 Å². The van der Waals surface area contributed by atoms with Crippen molar-refractivity contribution in [3.05, 3.63) is 63.1 Å². The number of hydrogen-bond acceptors (Lipinski definition) is 5. The molecule has 0 aliphatic heterocycles. The second-order valence-electron chi connectivity index (χ2n) is 6.18. The number of nitrogens with zero attached hydrogens (tertiary/aromatic N) is 1. The number of carbonyl (C=O) groups excluding carboxylic acids is 2. The molecule has 0 bridgehead atoms. The van der Waals surface area contributed by atoms with Crippen LogP contribution in [0.4, 0.5) is 0 Å². The normalized spacial score (nSPS) is 10.6. The number of aromatic nitrogens is 2. The van der Waals surface area contributed by atoms with E-state index in [0.29, 0.717) is 12.1 Å². The van der Waals surface area contributed by atoms with Crippen molar-refractivity contribution < 1.29 is 14.3 Å². The summed E-state index contributed by atoms with van der Waals surface area (Å²) in [4.78, 5) is 31.8. The molecule has 0 fully saturated rings. The van der Waals surface area contributed by atoms with E-state index in [4.69, 9.17) is 4.74 Å². The highest BCUT2D eigenvalue weighted by Gasteiger charge is 2.21. The molecule has 140 valence electrons. The van der Waals surface area contributed by atoms with Gasteiger partial charge in [-0.3, -0.25) is 4.79 Å². The van der Waals surface area contributed by atoms with Gasteiger partial charge in [-0.2, -0.15) is 0 Å². The van der Waals surface area contributed by atoms with E-state index in [1.165, 1.54) is 18.4 Å². The summed E-state index contributed by atoms with van der Waals surface area (Å²) < 4.78 is 4.84. The molecule has 27 heavy (non-hydrogen) atoms. The number of methoxy groups -OCH3 is 1. The van der Waals surface area contributed by atoms with Gasteiger partial charge in [0.25, 0.3) is 0 Å². The van der Waals surface area contributed by atoms with Crippen LogP contribution in [0.15, 0.2) is 35.7 Å². The Hall–Kier alpha value is -2.93. The van der Waals surface area contributed by atoms with E-state index < -0.39 is 0 Å². The number of H-pyrrole nitrogens is 1. The number of amides is 1. The van der Waals surface area contributed by atoms with Crippen molar-refractivity contribution in [1.29, 1.82) is 0 Å². The van der Waals surface area contributed by atoms with E-state index in [-0.39, 0.29) is 18.3 Å². The van der Waals surface area contributed by atoms with Crippen LogP contribution in [0.3, 0.4) is 0 Å². The van der Waals surface area contributed by atoms with Crippen LogP contribution < -0.4 is 5.32 Å². The molecule has 0 radical (unpaired) electrons. The van der Waals surface area contributed by atoms with Gasteiger partial charge in [-0.25, -0.2) is 9.78 Å². The maximum Gasteiger partial charge on any atom is 0.339 e. The van der Waals surface area contributed by atoms with Crippen molar-refractivity contribution >= 4 is 23.2 Å². The Morgan fingerprint density at radius 3 is 2.67 bits per heavy atom. The van der Waals surface area contributed by atoms with Crippen molar-refractivity contribution in [2.24, 2.45) is 0 Å². The molecule has 0 unspecified atom stereocenters. The van der Waals surface area contributed by atoms with Crippen LogP contribution in [0.2, 0.25) is 0 Å². The molecule has 0 aliphatic rings. The summed E-state index contributed by atoms with van der Waals surface area (Å²) >= 11 is 1.42. The number of carbonyl (C=O) groups is 2. The summed E-state index contributed by atoms with van der Waals surface area (Å²) in [7, 11) is 1.36. The number of aromatic amines is 1. The topological polar surface area (TPSA) is 84.1 Å². The number of aryl methyl sites for hydroxylation is 1. The predicted molar refractivity (Wildman–Crippen MR) is 105 cm³/mol. The van der Waals surface area contributed by atoms with Gasteiger partial charge < -0.3 is 15.0 Å². The molecule has 7 heteroatoms. The molecule has 6 nitrogen and oxygen atoms in total. The molecule has 1 aromatic carbocycles. The first-order valence-corrected chi connectivity index (χ1v) is 9.40. The third-order valence-electron chi connectivity index (χ3n) is 4.28. The van der Waals surface area contributed by atoms with Gasteiger partial charge in [0.05, 0.1) is 30.5 Å². The van der Waals surface area contributed by atoms with Crippen molar-refractivity contribution in [3.8, 4) is 11.4 Å². The smallest absolute Gasteiger partial charge is 0.339 e. The first kappa shape index (κ1) is 18.8. The van der Waals surface area contributed by atoms with Gasteiger partial charge in [-0.05, 0) is 25.0 Å². The number of benzene rings is 1. The average Bonchev–Trinajstić information content (AvgIpc) is 3.24. The molecular weight excluding hydrogens is 362 g/mol. The minimum Gasteiger partial charge on any atom is -0.465 e. The molecule has 3 rings (SSSR count). The lowest BCUT2D eigenvalue weighted by Crippen LogP contribution is -2.24. The highest BCUT2D eigenvalue weighted by Crippen LogP contribution is 2.29. The molecule has 0 saturated heterocycles. The minimum atomic E-state index is -0.372. The number of hydrogen-bond donors (Lipinski definition) is 2. The van der Waals surface area contributed by atoms with Gasteiger partial charge in [-0.15, -0.1) is 11.3 Å². The number of esters is 1. The van der Waals surface area contributed by atoms with E-state index >= 15 is 0 Å². The quantitative estimate of drug-likeness (QED) is 0.639. The van der Waals surface area contributed by atoms with E-state index in [9.17, 15) is 9.59 Å². The van der Waals surface area contributed by atoms with Crippen LogP contribution >= 0.6 is 11.3 Å². The highest BCUT2D eigenvalue weighted by atomic mass is 32.1. The molecule has 1 amide bonds. The Bertz CT molecular complexity index is 960. The summed E-state index contributed by atoms with van der Waals surface area (Å²) in [6.45, 7) is 4.18. The third-order valence-corrected chi connectivity index (χ3v) is 5.13. The molecule has 2 N–H and O–H groups in total. The maximum absolute atomic E-state index is 12.2. The Labute approximate surface area is 161 Å². The summed E-state index contributed by atoms with van der Waals surface area (Å²) in [5.41, 5.74) is 4.62. The predicted octanol–water partition coefficient (Wildman–Crippen LogP) is 3.40. The standard InChI is InChI=1S/C20H21N3O3S/c1-12-18(20(25)26-3)13(2)22-19(12)15-11-27-17(23-15)9-16(24)21-10-14-7-5-4-6-8-14/h4-8,11,22H,9-10H2,1-3H3,(H,21,24). The molecule has 2 heterocycles. The van der Waals surface area contributed by atoms with Gasteiger partial charge in [0, 0.05) is 17.6 Å². The maximum atomic E-state index is 12.2. The fourth-order valence-corrected chi connectivity index (χ4v) is 3.70. The van der Waals surface area contributed by atoms with Gasteiger partial charge in [0.2, 0.25) is 5.91 Å². The van der Waals surface area contributed by atoms with E-state index in [1.54, 1.807) is 0 Å². The second kappa shape index (κ2) is 8.18. The summed E-state index contributed by atoms with van der Waals surface area (Å²) in [5.74, 6) is -0.447. The Balaban J connectivity index is 1.68. The first-order valence-electron chi connectivity index (χ1n) is 8.52. The third kappa shape index (κ3) is 4.25. The van der Waals surface area contributed by atoms with Crippen molar-refractivity contribution in [2.45, 2.75) is 26.8 Å². The van der Waals surface area contributed by atoms with Gasteiger partial charge in [0.15, 0.2) is 0 Å². The molecule has 3 aromatic rings. The van der Waals surface area contributed by atoms with Crippen LogP contribution in [0.5, 0.6) is 0 Å². The average molecular weight is 383 g/mol. The molecule has 0 atom stereocenters. The fraction of sp³-hybridized carbons (Fsp3) is 0.250. The minimum absolute atomic E-state index is 0.0746. The van der Waals surface area contributed by atoms with E-state index in [2.05, 4.69) is 15.3 Å². The van der Waals surface area contributed by atoms with Crippen LogP contribution in [0.25, 0.3) is 11.4 Å². The van der Waals surface area contributed by atoms with Gasteiger partial charge in [-0.1, -0.05) is 30.3 Å². The lowest BCUT2D eigenvalue weighted by Gasteiger charge is -2.03. The van der Waals surface area contributed by atoms with E-state index in [0.717, 1.165) is 33.2 Å². The van der Waals surface area contributed by atoms with E-state index in [1.807, 2.05) is 49.6 Å². The molecule has 0 saturated carbocycles. The number of rotatable bonds is 6. The van der Waals surface area contributed by atoms with Crippen molar-refractivity contribution in [2.75, 3.05) is 7.11 Å². The zero-order valence-corrected chi connectivity index (χ0v) is 16.3. The highest BCUT2D eigenvalue weighted by molar-refractivity contribution is 7.10. The summed E-state index contributed by atoms with van der Waals surface area (Å²) in [5, 5.41) is 5.51. The van der Waals surface area contributed by atoms with Crippen LogP contribution in [0, 0.1) is 13.8 Å². The zero-order valence-electron chi connectivity index (χ0n) is 15.5. The van der Waals surface area contributed by atoms with Crippen LogP contribution in [-0.2, 0) is 22.5 Å². The summed E-state index contributed by atoms with van der Waals surface area (Å²) in [6.07, 6.45) is 0.222. The van der Waals surface area contributed by atoms with Gasteiger partial charge >= 0.3 is 5.97 Å². The van der Waals surface area contributed by atoms with Crippen molar-refractivity contribution in [1.82, 2.24) is 15.3 Å². The molecule has 0 aliphatic carbocycles. The monoisotopic (exact) mass is 383 g/mol. The van der Waals surface area contributed by atoms with Crippen LogP contribution in [0.1, 0.15) is 32.2 Å².